The zero-order valence-electron chi connectivity index (χ0n) is 19.9. The van der Waals surface area contributed by atoms with Crippen molar-refractivity contribution >= 4 is 29.6 Å². The quantitative estimate of drug-likeness (QED) is 0.384. The van der Waals surface area contributed by atoms with Gasteiger partial charge in [-0.3, -0.25) is 24.0 Å². The molecule has 10 nitrogen and oxygen atoms in total. The predicted molar refractivity (Wildman–Crippen MR) is 123 cm³/mol. The number of imide groups is 1. The Kier molecular flexibility index (Phi) is 7.49. The molecule has 2 aliphatic rings. The zero-order valence-corrected chi connectivity index (χ0v) is 19.9. The maximum Gasteiger partial charge on any atom is 0.349 e. The highest BCUT2D eigenvalue weighted by Crippen LogP contribution is 2.31. The van der Waals surface area contributed by atoms with Crippen molar-refractivity contribution in [3.63, 3.8) is 0 Å². The summed E-state index contributed by atoms with van der Waals surface area (Å²) in [5.74, 6) is -8.66. The summed E-state index contributed by atoms with van der Waals surface area (Å²) < 4.78 is 46.7. The third-order valence-corrected chi connectivity index (χ3v) is 6.33. The molecule has 4 amide bonds. The fraction of sp³-hybridized carbons (Fsp3) is 0.320. The van der Waals surface area contributed by atoms with Gasteiger partial charge in [-0.15, -0.1) is 0 Å². The van der Waals surface area contributed by atoms with Crippen LogP contribution in [0.25, 0.3) is 0 Å². The molecule has 2 aromatic rings. The van der Waals surface area contributed by atoms with Crippen LogP contribution < -0.4 is 11.1 Å². The van der Waals surface area contributed by atoms with E-state index in [0.717, 1.165) is 29.2 Å². The van der Waals surface area contributed by atoms with Crippen LogP contribution in [0.15, 0.2) is 42.5 Å². The summed E-state index contributed by atoms with van der Waals surface area (Å²) in [5.41, 5.74) is 5.75. The van der Waals surface area contributed by atoms with Gasteiger partial charge in [-0.2, -0.15) is 8.78 Å². The van der Waals surface area contributed by atoms with E-state index in [1.54, 1.807) is 6.07 Å². The predicted octanol–water partition coefficient (Wildman–Crippen LogP) is 1.17. The Morgan fingerprint density at radius 3 is 2.50 bits per heavy atom. The number of amides is 4. The number of carbonyl (C=O) groups excluding carboxylic acids is 5. The molecular weight excluding hydrogens is 509 g/mol. The number of benzene rings is 2. The van der Waals surface area contributed by atoms with Crippen molar-refractivity contribution < 1.29 is 41.9 Å². The van der Waals surface area contributed by atoms with Gasteiger partial charge in [-0.1, -0.05) is 12.1 Å². The number of hydrogen-bond acceptors (Lipinski definition) is 7. The van der Waals surface area contributed by atoms with Gasteiger partial charge in [-0.05, 0) is 47.9 Å². The van der Waals surface area contributed by atoms with Gasteiger partial charge in [0.2, 0.25) is 5.91 Å². The van der Waals surface area contributed by atoms with Gasteiger partial charge in [0, 0.05) is 30.6 Å². The fourth-order valence-corrected chi connectivity index (χ4v) is 4.28. The molecule has 200 valence electrons. The molecular formula is C25H23F3N4O6. The highest BCUT2D eigenvalue weighted by atomic mass is 19.3. The Morgan fingerprint density at radius 1 is 1.11 bits per heavy atom. The number of nitrogens with two attached hydrogens (primary N) is 1. The molecule has 1 fully saturated rings. The molecule has 2 heterocycles. The van der Waals surface area contributed by atoms with Crippen LogP contribution in [0.5, 0.6) is 0 Å². The Bertz CT molecular complexity index is 1300. The normalized spacial score (nSPS) is 17.5. The largest absolute Gasteiger partial charge is 0.443 e. The van der Waals surface area contributed by atoms with Crippen molar-refractivity contribution in [2.24, 2.45) is 5.73 Å². The monoisotopic (exact) mass is 532 g/mol. The van der Waals surface area contributed by atoms with E-state index in [2.05, 4.69) is 5.32 Å². The van der Waals surface area contributed by atoms with Crippen molar-refractivity contribution in [3.8, 4) is 0 Å². The van der Waals surface area contributed by atoms with Gasteiger partial charge in [0.1, 0.15) is 11.9 Å². The van der Waals surface area contributed by atoms with E-state index >= 15 is 0 Å². The molecule has 0 radical (unpaired) electrons. The lowest BCUT2D eigenvalue weighted by atomic mass is 10.0. The van der Waals surface area contributed by atoms with Crippen LogP contribution >= 0.6 is 0 Å². The van der Waals surface area contributed by atoms with E-state index in [0.29, 0.717) is 16.7 Å². The van der Waals surface area contributed by atoms with Gasteiger partial charge in [0.25, 0.3) is 17.7 Å². The van der Waals surface area contributed by atoms with E-state index in [4.69, 9.17) is 10.5 Å². The Hall–Kier alpha value is -4.26. The minimum atomic E-state index is -3.89. The van der Waals surface area contributed by atoms with Gasteiger partial charge < -0.3 is 20.7 Å². The summed E-state index contributed by atoms with van der Waals surface area (Å²) in [6.45, 7) is -1.28. The number of hydrogen-bond donors (Lipinski definition) is 2. The molecule has 1 saturated heterocycles. The summed E-state index contributed by atoms with van der Waals surface area (Å²) in [6.07, 6.45) is 0.0381. The number of nitrogens with one attached hydrogen (secondary N) is 1. The second kappa shape index (κ2) is 10.6. The molecule has 1 unspecified atom stereocenters. The van der Waals surface area contributed by atoms with Crippen LogP contribution in [-0.4, -0.2) is 58.7 Å². The maximum absolute atomic E-state index is 14.4. The lowest BCUT2D eigenvalue weighted by molar-refractivity contribution is -0.163. The van der Waals surface area contributed by atoms with Gasteiger partial charge in [0.05, 0.1) is 6.54 Å². The highest BCUT2D eigenvalue weighted by molar-refractivity contribution is 6.05. The first-order valence-corrected chi connectivity index (χ1v) is 11.6. The number of piperidine rings is 1. The summed E-state index contributed by atoms with van der Waals surface area (Å²) in [4.78, 5) is 63.7. The molecule has 3 N–H and O–H groups in total. The summed E-state index contributed by atoms with van der Waals surface area (Å²) in [5, 5.41) is 2.15. The molecule has 38 heavy (non-hydrogen) atoms. The van der Waals surface area contributed by atoms with Crippen molar-refractivity contribution in [1.29, 1.82) is 0 Å². The number of nitrogens with zero attached hydrogens (tertiary/aromatic N) is 2. The standard InChI is InChI=1S/C25H23F3N4O6/c26-17-4-2-16(3-5-17)25(27,28)24(37)30-11-14-1-6-18-15(9-14)12-31(22(18)35)19-7-8-20(33)32(23(19)36)13-38-21(34)10-29/h1-6,9,19H,7-8,10-13,29H2,(H,30,37). The molecule has 1 atom stereocenters. The molecule has 0 aromatic heterocycles. The number of carbonyl (C=O) groups is 5. The van der Waals surface area contributed by atoms with Gasteiger partial charge in [0.15, 0.2) is 6.73 Å². The van der Waals surface area contributed by atoms with Crippen molar-refractivity contribution in [2.75, 3.05) is 13.3 Å². The molecule has 4 rings (SSSR count). The molecule has 0 saturated carbocycles. The third kappa shape index (κ3) is 5.23. The average Bonchev–Trinajstić information content (AvgIpc) is 3.22. The second-order valence-electron chi connectivity index (χ2n) is 8.75. The minimum absolute atomic E-state index is 0.0166. The van der Waals surface area contributed by atoms with Gasteiger partial charge in [-0.25, -0.2) is 9.29 Å². The molecule has 0 aliphatic carbocycles. The Balaban J connectivity index is 1.42. The summed E-state index contributed by atoms with van der Waals surface area (Å²) in [6, 6.07) is 6.86. The molecule has 2 aromatic carbocycles. The molecule has 0 bridgehead atoms. The lowest BCUT2D eigenvalue weighted by Gasteiger charge is -2.34. The first-order chi connectivity index (χ1) is 18.0. The van der Waals surface area contributed by atoms with E-state index in [9.17, 15) is 37.1 Å². The van der Waals surface area contributed by atoms with Crippen LogP contribution in [0.4, 0.5) is 13.2 Å². The number of halogens is 3. The highest BCUT2D eigenvalue weighted by Gasteiger charge is 2.43. The van der Waals surface area contributed by atoms with Crippen molar-refractivity contribution in [2.45, 2.75) is 37.9 Å². The molecule has 13 heteroatoms. The minimum Gasteiger partial charge on any atom is -0.443 e. The number of fused-ring (bicyclic) bond motifs is 1. The van der Waals surface area contributed by atoms with E-state index < -0.39 is 66.2 Å². The van der Waals surface area contributed by atoms with E-state index in [1.165, 1.54) is 17.0 Å². The van der Waals surface area contributed by atoms with Crippen LogP contribution in [0, 0.1) is 5.82 Å². The van der Waals surface area contributed by atoms with Crippen LogP contribution in [0.3, 0.4) is 0 Å². The third-order valence-electron chi connectivity index (χ3n) is 6.33. The summed E-state index contributed by atoms with van der Waals surface area (Å²) >= 11 is 0. The van der Waals surface area contributed by atoms with E-state index in [1.807, 2.05) is 0 Å². The number of alkyl halides is 2. The first kappa shape index (κ1) is 26.8. The van der Waals surface area contributed by atoms with Crippen LogP contribution in [0.1, 0.15) is 39.9 Å². The summed E-state index contributed by atoms with van der Waals surface area (Å²) in [7, 11) is 0. The second-order valence-corrected chi connectivity index (χ2v) is 8.75. The Labute approximate surface area is 214 Å². The van der Waals surface area contributed by atoms with Crippen LogP contribution in [0.2, 0.25) is 0 Å². The van der Waals surface area contributed by atoms with Crippen molar-refractivity contribution in [3.05, 3.63) is 70.5 Å². The number of likely N-dealkylation sites (tertiary alicyclic amines) is 1. The topological polar surface area (TPSA) is 139 Å². The number of rotatable bonds is 8. The smallest absolute Gasteiger partial charge is 0.349 e. The maximum atomic E-state index is 14.4. The van der Waals surface area contributed by atoms with E-state index in [-0.39, 0.29) is 25.9 Å². The lowest BCUT2D eigenvalue weighted by Crippen LogP contribution is -2.55. The zero-order chi connectivity index (χ0) is 27.6. The fourth-order valence-electron chi connectivity index (χ4n) is 4.28. The SMILES string of the molecule is NCC(=O)OCN1C(=O)CCC(N2Cc3cc(CNC(=O)C(F)(F)c4ccc(F)cc4)ccc3C2=O)C1=O. The average molecular weight is 532 g/mol. The van der Waals surface area contributed by atoms with Gasteiger partial charge >= 0.3 is 11.9 Å². The van der Waals surface area contributed by atoms with Crippen LogP contribution in [-0.2, 0) is 42.9 Å². The molecule has 2 aliphatic heterocycles. The number of esters is 1. The molecule has 0 spiro atoms. The first-order valence-electron chi connectivity index (χ1n) is 11.6. The van der Waals surface area contributed by atoms with Crippen molar-refractivity contribution in [1.82, 2.24) is 15.1 Å². The number of ether oxygens (including phenoxy) is 1. The Morgan fingerprint density at radius 2 is 1.82 bits per heavy atom.